The van der Waals surface area contributed by atoms with Gasteiger partial charge >= 0.3 is 0 Å². The Bertz CT molecular complexity index is 566. The first-order valence-electron chi connectivity index (χ1n) is 6.22. The molecule has 0 fully saturated rings. The van der Waals surface area contributed by atoms with E-state index < -0.39 is 0 Å². The van der Waals surface area contributed by atoms with Crippen LogP contribution in [0.4, 0.5) is 5.69 Å². The van der Waals surface area contributed by atoms with Crippen LogP contribution in [0, 0.1) is 6.92 Å². The molecule has 0 spiro atoms. The molecule has 0 heterocycles. The molecule has 0 radical (unpaired) electrons. The number of benzene rings is 2. The van der Waals surface area contributed by atoms with Crippen molar-refractivity contribution in [1.29, 1.82) is 0 Å². The maximum atomic E-state index is 6.08. The number of hydrogen-bond donors (Lipinski definition) is 0. The SMILES string of the molecule is Cc1ccccc1CN(C)c1cc(Cl)ccc1CCl. The first-order valence-corrected chi connectivity index (χ1v) is 7.13. The number of aryl methyl sites for hydroxylation is 1. The number of rotatable bonds is 4. The molecule has 1 nitrogen and oxygen atoms in total. The van der Waals surface area contributed by atoms with E-state index in [0.717, 1.165) is 22.8 Å². The molecule has 0 bridgehead atoms. The lowest BCUT2D eigenvalue weighted by atomic mass is 10.1. The Labute approximate surface area is 124 Å². The van der Waals surface area contributed by atoms with Crippen LogP contribution in [-0.4, -0.2) is 7.05 Å². The number of alkyl halides is 1. The molecule has 0 aromatic heterocycles. The lowest BCUT2D eigenvalue weighted by Gasteiger charge is -2.23. The molecule has 0 aliphatic rings. The average molecular weight is 294 g/mol. The molecule has 2 aromatic rings. The highest BCUT2D eigenvalue weighted by Gasteiger charge is 2.09. The van der Waals surface area contributed by atoms with Gasteiger partial charge in [-0.1, -0.05) is 41.9 Å². The lowest BCUT2D eigenvalue weighted by Crippen LogP contribution is -2.18. The van der Waals surface area contributed by atoms with Crippen LogP contribution < -0.4 is 4.90 Å². The second-order valence-corrected chi connectivity index (χ2v) is 5.39. The van der Waals surface area contributed by atoms with Gasteiger partial charge in [-0.2, -0.15) is 0 Å². The zero-order valence-corrected chi connectivity index (χ0v) is 12.7. The quantitative estimate of drug-likeness (QED) is 0.715. The van der Waals surface area contributed by atoms with Gasteiger partial charge < -0.3 is 4.90 Å². The molecular weight excluding hydrogens is 277 g/mol. The van der Waals surface area contributed by atoms with Gasteiger partial charge in [0, 0.05) is 30.2 Å². The van der Waals surface area contributed by atoms with Crippen molar-refractivity contribution in [2.75, 3.05) is 11.9 Å². The van der Waals surface area contributed by atoms with Gasteiger partial charge in [-0.15, -0.1) is 11.6 Å². The van der Waals surface area contributed by atoms with E-state index in [0.29, 0.717) is 5.88 Å². The number of anilines is 1. The van der Waals surface area contributed by atoms with E-state index in [1.54, 1.807) is 0 Å². The van der Waals surface area contributed by atoms with Crippen LogP contribution in [0.1, 0.15) is 16.7 Å². The number of halogens is 2. The van der Waals surface area contributed by atoms with E-state index >= 15 is 0 Å². The summed E-state index contributed by atoms with van der Waals surface area (Å²) in [6.45, 7) is 2.97. The van der Waals surface area contributed by atoms with Crippen molar-refractivity contribution in [3.05, 3.63) is 64.2 Å². The van der Waals surface area contributed by atoms with E-state index in [2.05, 4.69) is 43.1 Å². The molecule has 2 aromatic carbocycles. The topological polar surface area (TPSA) is 3.24 Å². The summed E-state index contributed by atoms with van der Waals surface area (Å²) in [5.74, 6) is 0.491. The van der Waals surface area contributed by atoms with Crippen LogP contribution in [0.25, 0.3) is 0 Å². The number of nitrogens with zero attached hydrogens (tertiary/aromatic N) is 1. The zero-order valence-electron chi connectivity index (χ0n) is 11.2. The second kappa shape index (κ2) is 6.31. The van der Waals surface area contributed by atoms with Gasteiger partial charge in [0.2, 0.25) is 0 Å². The molecule has 100 valence electrons. The van der Waals surface area contributed by atoms with E-state index in [4.69, 9.17) is 23.2 Å². The summed E-state index contributed by atoms with van der Waals surface area (Å²) in [5, 5.41) is 0.737. The van der Waals surface area contributed by atoms with Crippen LogP contribution in [0.15, 0.2) is 42.5 Å². The Morgan fingerprint density at radius 3 is 2.47 bits per heavy atom. The predicted molar refractivity (Wildman–Crippen MR) is 84.3 cm³/mol. The Hall–Kier alpha value is -1.18. The van der Waals surface area contributed by atoms with Crippen molar-refractivity contribution in [1.82, 2.24) is 0 Å². The standard InChI is InChI=1S/C16H17Cl2N/c1-12-5-3-4-6-14(12)11-19(2)16-9-15(18)8-7-13(16)10-17/h3-9H,10-11H2,1-2H3. The second-order valence-electron chi connectivity index (χ2n) is 4.69. The molecule has 2 rings (SSSR count). The minimum absolute atomic E-state index is 0.491. The summed E-state index contributed by atoms with van der Waals surface area (Å²) in [7, 11) is 2.06. The minimum atomic E-state index is 0.491. The fourth-order valence-electron chi connectivity index (χ4n) is 2.13. The largest absolute Gasteiger partial charge is 0.370 e. The normalized spacial score (nSPS) is 10.5. The minimum Gasteiger partial charge on any atom is -0.370 e. The van der Waals surface area contributed by atoms with Gasteiger partial charge in [0.25, 0.3) is 0 Å². The molecule has 0 N–H and O–H groups in total. The molecule has 0 saturated heterocycles. The molecule has 0 unspecified atom stereocenters. The van der Waals surface area contributed by atoms with Crippen LogP contribution in [0.2, 0.25) is 5.02 Å². The third-order valence-electron chi connectivity index (χ3n) is 3.27. The van der Waals surface area contributed by atoms with Gasteiger partial charge in [0.05, 0.1) is 0 Å². The number of hydrogen-bond acceptors (Lipinski definition) is 1. The highest BCUT2D eigenvalue weighted by molar-refractivity contribution is 6.31. The van der Waals surface area contributed by atoms with Crippen molar-refractivity contribution in [2.45, 2.75) is 19.3 Å². The van der Waals surface area contributed by atoms with Crippen molar-refractivity contribution >= 4 is 28.9 Å². The molecule has 19 heavy (non-hydrogen) atoms. The smallest absolute Gasteiger partial charge is 0.0494 e. The summed E-state index contributed by atoms with van der Waals surface area (Å²) < 4.78 is 0. The summed E-state index contributed by atoms with van der Waals surface area (Å²) in [4.78, 5) is 2.19. The van der Waals surface area contributed by atoms with Gasteiger partial charge in [-0.3, -0.25) is 0 Å². The highest BCUT2D eigenvalue weighted by Crippen LogP contribution is 2.27. The Morgan fingerprint density at radius 2 is 1.79 bits per heavy atom. The van der Waals surface area contributed by atoms with Gasteiger partial charge in [0.15, 0.2) is 0 Å². The van der Waals surface area contributed by atoms with Crippen LogP contribution >= 0.6 is 23.2 Å². The van der Waals surface area contributed by atoms with Crippen molar-refractivity contribution in [2.24, 2.45) is 0 Å². The molecular formula is C16H17Cl2N. The summed E-state index contributed by atoms with van der Waals surface area (Å²) >= 11 is 12.1. The van der Waals surface area contributed by atoms with Gasteiger partial charge in [-0.05, 0) is 35.7 Å². The van der Waals surface area contributed by atoms with Gasteiger partial charge in [-0.25, -0.2) is 0 Å². The van der Waals surface area contributed by atoms with E-state index in [9.17, 15) is 0 Å². The van der Waals surface area contributed by atoms with E-state index in [1.807, 2.05) is 18.2 Å². The van der Waals surface area contributed by atoms with Crippen LogP contribution in [-0.2, 0) is 12.4 Å². The van der Waals surface area contributed by atoms with Crippen molar-refractivity contribution < 1.29 is 0 Å². The predicted octanol–water partition coefficient (Wildman–Crippen LogP) is 5.02. The lowest BCUT2D eigenvalue weighted by molar-refractivity contribution is 0.908. The van der Waals surface area contributed by atoms with E-state index in [-0.39, 0.29) is 0 Å². The maximum absolute atomic E-state index is 6.08. The van der Waals surface area contributed by atoms with Crippen LogP contribution in [0.5, 0.6) is 0 Å². The fourth-order valence-corrected chi connectivity index (χ4v) is 2.53. The van der Waals surface area contributed by atoms with Gasteiger partial charge in [0.1, 0.15) is 0 Å². The fraction of sp³-hybridized carbons (Fsp3) is 0.250. The third kappa shape index (κ3) is 3.43. The maximum Gasteiger partial charge on any atom is 0.0494 e. The Balaban J connectivity index is 2.27. The molecule has 0 saturated carbocycles. The Morgan fingerprint density at radius 1 is 1.05 bits per heavy atom. The summed E-state index contributed by atoms with van der Waals surface area (Å²) in [6, 6.07) is 14.2. The molecule has 0 amide bonds. The molecule has 0 aliphatic heterocycles. The summed E-state index contributed by atoms with van der Waals surface area (Å²) in [6.07, 6.45) is 0. The third-order valence-corrected chi connectivity index (χ3v) is 3.79. The molecule has 0 aliphatic carbocycles. The Kier molecular flexibility index (Phi) is 4.73. The first kappa shape index (κ1) is 14.2. The van der Waals surface area contributed by atoms with Crippen molar-refractivity contribution in [3.63, 3.8) is 0 Å². The van der Waals surface area contributed by atoms with Crippen LogP contribution in [0.3, 0.4) is 0 Å². The molecule has 0 atom stereocenters. The monoisotopic (exact) mass is 293 g/mol. The molecule has 3 heteroatoms. The van der Waals surface area contributed by atoms with Crippen molar-refractivity contribution in [3.8, 4) is 0 Å². The zero-order chi connectivity index (χ0) is 13.8. The van der Waals surface area contributed by atoms with E-state index in [1.165, 1.54) is 11.1 Å². The average Bonchev–Trinajstić information content (AvgIpc) is 2.41. The summed E-state index contributed by atoms with van der Waals surface area (Å²) in [5.41, 5.74) is 4.79. The first-order chi connectivity index (χ1) is 9.11. The highest BCUT2D eigenvalue weighted by atomic mass is 35.5.